The number of likely N-dealkylation sites (N-methyl/N-ethyl adjacent to an activating group) is 1. The largest absolute Gasteiger partial charge is 0.493 e. The fourth-order valence-electron chi connectivity index (χ4n) is 2.40. The van der Waals surface area contributed by atoms with Crippen molar-refractivity contribution in [3.05, 3.63) is 23.8 Å². The third-order valence-electron chi connectivity index (χ3n) is 3.85. The van der Waals surface area contributed by atoms with Crippen LogP contribution in [-0.4, -0.2) is 38.3 Å². The number of ether oxygens (including phenoxy) is 2. The molecule has 0 bridgehead atoms. The van der Waals surface area contributed by atoms with Gasteiger partial charge in [0.1, 0.15) is 6.10 Å². The minimum atomic E-state index is -0.124. The third-order valence-corrected chi connectivity index (χ3v) is 3.85. The van der Waals surface area contributed by atoms with Crippen LogP contribution in [0.5, 0.6) is 11.5 Å². The summed E-state index contributed by atoms with van der Waals surface area (Å²) in [5.41, 5.74) is 7.26. The molecule has 18 heavy (non-hydrogen) atoms. The average molecular weight is 248 g/mol. The molecular formula is C14H20N2O2. The number of rotatable bonds is 4. The Hall–Kier alpha value is -1.26. The molecule has 2 fully saturated rings. The zero-order valence-electron chi connectivity index (χ0n) is 11.0. The van der Waals surface area contributed by atoms with Gasteiger partial charge in [-0.2, -0.15) is 0 Å². The van der Waals surface area contributed by atoms with Crippen molar-refractivity contribution >= 4 is 0 Å². The SMILES string of the molecule is COc1ccc(C2(N)CC2)cc1OC1CN(C)C1. The summed E-state index contributed by atoms with van der Waals surface area (Å²) >= 11 is 0. The molecule has 4 nitrogen and oxygen atoms in total. The van der Waals surface area contributed by atoms with Gasteiger partial charge in [0.2, 0.25) is 0 Å². The first kappa shape index (κ1) is 11.8. The molecule has 0 spiro atoms. The number of hydrogen-bond acceptors (Lipinski definition) is 4. The molecule has 1 aromatic carbocycles. The fraction of sp³-hybridized carbons (Fsp3) is 0.571. The monoisotopic (exact) mass is 248 g/mol. The number of likely N-dealkylation sites (tertiary alicyclic amines) is 1. The van der Waals surface area contributed by atoms with E-state index in [-0.39, 0.29) is 11.6 Å². The van der Waals surface area contributed by atoms with Crippen molar-refractivity contribution in [3.63, 3.8) is 0 Å². The second-order valence-electron chi connectivity index (χ2n) is 5.48. The predicted molar refractivity (Wildman–Crippen MR) is 70.0 cm³/mol. The van der Waals surface area contributed by atoms with Crippen LogP contribution in [0.2, 0.25) is 0 Å². The lowest BCUT2D eigenvalue weighted by Crippen LogP contribution is -2.51. The van der Waals surface area contributed by atoms with Gasteiger partial charge < -0.3 is 15.2 Å². The van der Waals surface area contributed by atoms with E-state index in [1.54, 1.807) is 7.11 Å². The van der Waals surface area contributed by atoms with E-state index in [1.165, 1.54) is 0 Å². The first-order chi connectivity index (χ1) is 8.60. The minimum Gasteiger partial charge on any atom is -0.493 e. The molecule has 0 radical (unpaired) electrons. The lowest BCUT2D eigenvalue weighted by molar-refractivity contribution is 0.0369. The summed E-state index contributed by atoms with van der Waals surface area (Å²) in [6.07, 6.45) is 2.39. The molecule has 0 aromatic heterocycles. The van der Waals surface area contributed by atoms with Crippen molar-refractivity contribution in [1.82, 2.24) is 4.90 Å². The van der Waals surface area contributed by atoms with Crippen LogP contribution in [0.1, 0.15) is 18.4 Å². The molecular weight excluding hydrogens is 228 g/mol. The quantitative estimate of drug-likeness (QED) is 0.873. The van der Waals surface area contributed by atoms with Gasteiger partial charge in [-0.1, -0.05) is 6.07 Å². The Kier molecular flexibility index (Phi) is 2.72. The van der Waals surface area contributed by atoms with Crippen molar-refractivity contribution in [3.8, 4) is 11.5 Å². The third kappa shape index (κ3) is 2.06. The van der Waals surface area contributed by atoms with Crippen LogP contribution in [-0.2, 0) is 5.54 Å². The average Bonchev–Trinajstić information content (AvgIpc) is 3.06. The van der Waals surface area contributed by atoms with Gasteiger partial charge in [-0.25, -0.2) is 0 Å². The first-order valence-corrected chi connectivity index (χ1v) is 6.43. The van der Waals surface area contributed by atoms with Crippen molar-refractivity contribution < 1.29 is 9.47 Å². The molecule has 1 heterocycles. The number of nitrogens with zero attached hydrogens (tertiary/aromatic N) is 1. The number of nitrogens with two attached hydrogens (primary N) is 1. The van der Waals surface area contributed by atoms with Crippen molar-refractivity contribution in [1.29, 1.82) is 0 Å². The maximum Gasteiger partial charge on any atom is 0.162 e. The Morgan fingerprint density at radius 1 is 1.28 bits per heavy atom. The van der Waals surface area contributed by atoms with E-state index >= 15 is 0 Å². The van der Waals surface area contributed by atoms with Crippen LogP contribution in [0.25, 0.3) is 0 Å². The summed E-state index contributed by atoms with van der Waals surface area (Å²) in [4.78, 5) is 2.23. The molecule has 1 saturated carbocycles. The normalized spacial score (nSPS) is 22.4. The Morgan fingerprint density at radius 2 is 2.00 bits per heavy atom. The van der Waals surface area contributed by atoms with E-state index in [0.29, 0.717) is 0 Å². The molecule has 1 saturated heterocycles. The molecule has 2 aliphatic rings. The summed E-state index contributed by atoms with van der Waals surface area (Å²) in [5, 5.41) is 0. The van der Waals surface area contributed by atoms with Gasteiger partial charge in [-0.15, -0.1) is 0 Å². The Morgan fingerprint density at radius 3 is 2.56 bits per heavy atom. The first-order valence-electron chi connectivity index (χ1n) is 6.43. The highest BCUT2D eigenvalue weighted by atomic mass is 16.5. The van der Waals surface area contributed by atoms with Crippen LogP contribution in [0.4, 0.5) is 0 Å². The molecule has 1 aliphatic heterocycles. The van der Waals surface area contributed by atoms with Crippen molar-refractivity contribution in [2.75, 3.05) is 27.2 Å². The topological polar surface area (TPSA) is 47.7 Å². The molecule has 0 unspecified atom stereocenters. The van der Waals surface area contributed by atoms with Gasteiger partial charge in [0.05, 0.1) is 7.11 Å². The highest BCUT2D eigenvalue weighted by molar-refractivity contribution is 5.46. The standard InChI is InChI=1S/C14H20N2O2/c1-16-8-11(9-16)18-13-7-10(14(15)5-6-14)3-4-12(13)17-2/h3-4,7,11H,5-6,8-9,15H2,1-2H3. The molecule has 0 atom stereocenters. The molecule has 1 aliphatic carbocycles. The van der Waals surface area contributed by atoms with Crippen LogP contribution in [0.15, 0.2) is 18.2 Å². The van der Waals surface area contributed by atoms with Gasteiger partial charge in [-0.05, 0) is 37.6 Å². The molecule has 0 amide bonds. The van der Waals surface area contributed by atoms with Crippen LogP contribution in [0, 0.1) is 0 Å². The Balaban J connectivity index is 1.81. The van der Waals surface area contributed by atoms with E-state index in [1.807, 2.05) is 18.2 Å². The highest BCUT2D eigenvalue weighted by Crippen LogP contribution is 2.45. The predicted octanol–water partition coefficient (Wildman–Crippen LogP) is 1.34. The molecule has 98 valence electrons. The zero-order chi connectivity index (χ0) is 12.8. The maximum atomic E-state index is 6.22. The lowest BCUT2D eigenvalue weighted by atomic mass is 10.1. The second kappa shape index (κ2) is 4.14. The summed E-state index contributed by atoms with van der Waals surface area (Å²) in [6.45, 7) is 1.95. The summed E-state index contributed by atoms with van der Waals surface area (Å²) < 4.78 is 11.3. The molecule has 4 heteroatoms. The van der Waals surface area contributed by atoms with Gasteiger partial charge in [-0.3, -0.25) is 4.90 Å². The highest BCUT2D eigenvalue weighted by Gasteiger charge is 2.40. The van der Waals surface area contributed by atoms with E-state index in [2.05, 4.69) is 11.9 Å². The Labute approximate surface area is 108 Å². The number of methoxy groups -OCH3 is 1. The zero-order valence-corrected chi connectivity index (χ0v) is 11.0. The van der Waals surface area contributed by atoms with E-state index in [4.69, 9.17) is 15.2 Å². The Bertz CT molecular complexity index is 451. The number of benzene rings is 1. The molecule has 1 aromatic rings. The van der Waals surface area contributed by atoms with E-state index in [0.717, 1.165) is 43.0 Å². The summed E-state index contributed by atoms with van der Waals surface area (Å²) in [5.74, 6) is 1.61. The second-order valence-corrected chi connectivity index (χ2v) is 5.48. The lowest BCUT2D eigenvalue weighted by Gasteiger charge is -2.36. The maximum absolute atomic E-state index is 6.22. The van der Waals surface area contributed by atoms with E-state index in [9.17, 15) is 0 Å². The van der Waals surface area contributed by atoms with Crippen LogP contribution >= 0.6 is 0 Å². The summed E-state index contributed by atoms with van der Waals surface area (Å²) in [7, 11) is 3.76. The smallest absolute Gasteiger partial charge is 0.162 e. The van der Waals surface area contributed by atoms with E-state index < -0.39 is 0 Å². The minimum absolute atomic E-state index is 0.124. The van der Waals surface area contributed by atoms with Gasteiger partial charge in [0.25, 0.3) is 0 Å². The van der Waals surface area contributed by atoms with Crippen molar-refractivity contribution in [2.24, 2.45) is 5.73 Å². The van der Waals surface area contributed by atoms with Gasteiger partial charge in [0, 0.05) is 18.6 Å². The van der Waals surface area contributed by atoms with Crippen molar-refractivity contribution in [2.45, 2.75) is 24.5 Å². The molecule has 3 rings (SSSR count). The van der Waals surface area contributed by atoms with Crippen LogP contribution in [0.3, 0.4) is 0 Å². The van der Waals surface area contributed by atoms with Gasteiger partial charge >= 0.3 is 0 Å². The van der Waals surface area contributed by atoms with Crippen LogP contribution < -0.4 is 15.2 Å². The fourth-order valence-corrected chi connectivity index (χ4v) is 2.40. The number of hydrogen-bond donors (Lipinski definition) is 1. The van der Waals surface area contributed by atoms with Gasteiger partial charge in [0.15, 0.2) is 11.5 Å². The molecule has 2 N–H and O–H groups in total. The summed E-state index contributed by atoms with van der Waals surface area (Å²) in [6, 6.07) is 6.05.